The van der Waals surface area contributed by atoms with E-state index in [0.717, 1.165) is 11.1 Å². The molecule has 0 atom stereocenters. The van der Waals surface area contributed by atoms with Gasteiger partial charge in [0, 0.05) is 25.3 Å². The summed E-state index contributed by atoms with van der Waals surface area (Å²) in [6.45, 7) is 1.33. The van der Waals surface area contributed by atoms with Crippen LogP contribution in [0.3, 0.4) is 0 Å². The van der Waals surface area contributed by atoms with E-state index in [9.17, 15) is 31.1 Å². The van der Waals surface area contributed by atoms with Gasteiger partial charge >= 0.3 is 12.4 Å². The SMILES string of the molecule is CC(=O)NC1(c2ncc(-c3cc(C(F)(F)F)cc(C(F)(F)F)c3)[nH]2)Cc2ccccc2C1. The van der Waals surface area contributed by atoms with Crippen LogP contribution < -0.4 is 5.32 Å². The number of aromatic amines is 1. The number of benzene rings is 2. The lowest BCUT2D eigenvalue weighted by atomic mass is 9.94. The van der Waals surface area contributed by atoms with Gasteiger partial charge in [0.25, 0.3) is 0 Å². The van der Waals surface area contributed by atoms with Crippen molar-refractivity contribution in [1.82, 2.24) is 15.3 Å². The molecule has 0 spiro atoms. The van der Waals surface area contributed by atoms with Crippen LogP contribution in [0.2, 0.25) is 0 Å². The summed E-state index contributed by atoms with van der Waals surface area (Å²) in [6, 6.07) is 8.83. The van der Waals surface area contributed by atoms with Crippen molar-refractivity contribution in [3.63, 3.8) is 0 Å². The second-order valence-corrected chi connectivity index (χ2v) is 7.83. The maximum Gasteiger partial charge on any atom is 0.416 e. The minimum Gasteiger partial charge on any atom is -0.343 e. The Bertz CT molecular complexity index is 1120. The van der Waals surface area contributed by atoms with E-state index < -0.39 is 29.0 Å². The summed E-state index contributed by atoms with van der Waals surface area (Å²) in [5.41, 5.74) is -2.19. The number of nitrogens with one attached hydrogen (secondary N) is 2. The molecule has 0 saturated heterocycles. The van der Waals surface area contributed by atoms with Gasteiger partial charge in [-0.1, -0.05) is 24.3 Å². The van der Waals surface area contributed by atoms with Crippen molar-refractivity contribution >= 4 is 5.91 Å². The van der Waals surface area contributed by atoms with Crippen LogP contribution in [-0.4, -0.2) is 15.9 Å². The van der Waals surface area contributed by atoms with Crippen molar-refractivity contribution in [1.29, 1.82) is 0 Å². The van der Waals surface area contributed by atoms with E-state index in [1.165, 1.54) is 13.1 Å². The summed E-state index contributed by atoms with van der Waals surface area (Å²) in [5, 5.41) is 2.86. The predicted molar refractivity (Wildman–Crippen MR) is 103 cm³/mol. The molecule has 32 heavy (non-hydrogen) atoms. The molecule has 0 radical (unpaired) electrons. The Hall–Kier alpha value is -3.30. The Labute approximate surface area is 178 Å². The molecule has 1 heterocycles. The molecule has 0 unspecified atom stereocenters. The molecule has 2 N–H and O–H groups in total. The fraction of sp³-hybridized carbons (Fsp3) is 0.273. The van der Waals surface area contributed by atoms with Crippen molar-refractivity contribution in [3.05, 3.63) is 76.7 Å². The topological polar surface area (TPSA) is 57.8 Å². The first-order chi connectivity index (χ1) is 14.9. The average molecular weight is 453 g/mol. The highest BCUT2D eigenvalue weighted by Gasteiger charge is 2.42. The molecule has 0 saturated carbocycles. The molecule has 10 heteroatoms. The quantitative estimate of drug-likeness (QED) is 0.533. The number of carbonyl (C=O) groups is 1. The highest BCUT2D eigenvalue weighted by Crippen LogP contribution is 2.40. The van der Waals surface area contributed by atoms with Crippen LogP contribution in [0.25, 0.3) is 11.3 Å². The lowest BCUT2D eigenvalue weighted by Gasteiger charge is -2.27. The van der Waals surface area contributed by atoms with Crippen molar-refractivity contribution in [2.45, 2.75) is 37.7 Å². The number of imidazole rings is 1. The maximum atomic E-state index is 13.2. The number of alkyl halides is 6. The summed E-state index contributed by atoms with van der Waals surface area (Å²) in [4.78, 5) is 19.0. The van der Waals surface area contributed by atoms with Gasteiger partial charge < -0.3 is 10.3 Å². The highest BCUT2D eigenvalue weighted by molar-refractivity contribution is 5.74. The van der Waals surface area contributed by atoms with E-state index in [-0.39, 0.29) is 29.1 Å². The van der Waals surface area contributed by atoms with Crippen LogP contribution in [-0.2, 0) is 35.5 Å². The first-order valence-electron chi connectivity index (χ1n) is 9.58. The molecule has 4 rings (SSSR count). The summed E-state index contributed by atoms with van der Waals surface area (Å²) in [5.74, 6) is -0.0842. The van der Waals surface area contributed by atoms with Crippen LogP contribution in [0.5, 0.6) is 0 Å². The minimum absolute atomic E-state index is 0.0164. The molecule has 3 aromatic rings. The van der Waals surface area contributed by atoms with Gasteiger partial charge in [-0.2, -0.15) is 26.3 Å². The first kappa shape index (κ1) is 21.9. The van der Waals surface area contributed by atoms with E-state index >= 15 is 0 Å². The Morgan fingerprint density at radius 3 is 1.97 bits per heavy atom. The summed E-state index contributed by atoms with van der Waals surface area (Å²) in [7, 11) is 0. The van der Waals surface area contributed by atoms with Gasteiger partial charge in [0.05, 0.1) is 23.0 Å². The lowest BCUT2D eigenvalue weighted by Crippen LogP contribution is -2.46. The van der Waals surface area contributed by atoms with Crippen LogP contribution in [0.1, 0.15) is 35.0 Å². The van der Waals surface area contributed by atoms with E-state index in [1.54, 1.807) is 0 Å². The largest absolute Gasteiger partial charge is 0.416 e. The molecular formula is C22H17F6N3O. The molecule has 0 bridgehead atoms. The second-order valence-electron chi connectivity index (χ2n) is 7.83. The summed E-state index contributed by atoms with van der Waals surface area (Å²) >= 11 is 0. The van der Waals surface area contributed by atoms with Crippen LogP contribution in [0.15, 0.2) is 48.7 Å². The van der Waals surface area contributed by atoms with Gasteiger partial charge in [0.2, 0.25) is 5.91 Å². The molecule has 0 fully saturated rings. The standard InChI is InChI=1S/C22H17F6N3O/c1-12(32)31-20(9-13-4-2-3-5-14(13)10-20)19-29-11-18(30-19)15-6-16(21(23,24)25)8-17(7-15)22(26,27)28/h2-8,11H,9-10H2,1H3,(H,29,30)(H,31,32). The zero-order valence-corrected chi connectivity index (χ0v) is 16.7. The van der Waals surface area contributed by atoms with Crippen molar-refractivity contribution in [3.8, 4) is 11.3 Å². The zero-order valence-electron chi connectivity index (χ0n) is 16.7. The molecule has 0 aliphatic heterocycles. The summed E-state index contributed by atoms with van der Waals surface area (Å²) in [6.07, 6.45) is -7.97. The number of aromatic nitrogens is 2. The number of H-pyrrole nitrogens is 1. The van der Waals surface area contributed by atoms with Crippen molar-refractivity contribution < 1.29 is 31.1 Å². The molecule has 1 aliphatic rings. The molecule has 1 amide bonds. The molecular weight excluding hydrogens is 436 g/mol. The third-order valence-electron chi connectivity index (χ3n) is 5.45. The Morgan fingerprint density at radius 2 is 1.50 bits per heavy atom. The van der Waals surface area contributed by atoms with Gasteiger partial charge in [0.15, 0.2) is 0 Å². The molecule has 1 aromatic heterocycles. The fourth-order valence-electron chi connectivity index (χ4n) is 4.09. The van der Waals surface area contributed by atoms with Gasteiger partial charge in [-0.25, -0.2) is 4.98 Å². The van der Waals surface area contributed by atoms with Gasteiger partial charge in [-0.15, -0.1) is 0 Å². The number of hydrogen-bond acceptors (Lipinski definition) is 2. The number of halogens is 6. The normalized spacial score (nSPS) is 15.5. The summed E-state index contributed by atoms with van der Waals surface area (Å²) < 4.78 is 79.3. The molecule has 4 nitrogen and oxygen atoms in total. The average Bonchev–Trinajstić information content (AvgIpc) is 3.31. The fourth-order valence-corrected chi connectivity index (χ4v) is 4.09. The predicted octanol–water partition coefficient (Wildman–Crippen LogP) is 5.24. The van der Waals surface area contributed by atoms with Crippen LogP contribution in [0.4, 0.5) is 26.3 Å². The third kappa shape index (κ3) is 4.09. The molecule has 1 aliphatic carbocycles. The number of rotatable bonds is 3. The zero-order chi connectivity index (χ0) is 23.3. The first-order valence-corrected chi connectivity index (χ1v) is 9.58. The van der Waals surface area contributed by atoms with Crippen molar-refractivity contribution in [2.24, 2.45) is 0 Å². The number of hydrogen-bond donors (Lipinski definition) is 2. The third-order valence-corrected chi connectivity index (χ3v) is 5.45. The monoisotopic (exact) mass is 453 g/mol. The van der Waals surface area contributed by atoms with E-state index in [2.05, 4.69) is 15.3 Å². The van der Waals surface area contributed by atoms with E-state index in [4.69, 9.17) is 0 Å². The number of nitrogens with zero attached hydrogens (tertiary/aromatic N) is 1. The van der Waals surface area contributed by atoms with E-state index in [0.29, 0.717) is 25.0 Å². The number of fused-ring (bicyclic) bond motifs is 1. The maximum absolute atomic E-state index is 13.2. The minimum atomic E-state index is -4.95. The second kappa shape index (κ2) is 7.39. The Kier molecular flexibility index (Phi) is 5.06. The molecule has 2 aromatic carbocycles. The lowest BCUT2D eigenvalue weighted by molar-refractivity contribution is -0.143. The Balaban J connectivity index is 1.79. The molecule has 168 valence electrons. The Morgan fingerprint density at radius 1 is 0.969 bits per heavy atom. The van der Waals surface area contributed by atoms with Crippen molar-refractivity contribution in [2.75, 3.05) is 0 Å². The van der Waals surface area contributed by atoms with Gasteiger partial charge in [-0.05, 0) is 29.3 Å². The van der Waals surface area contributed by atoms with Gasteiger partial charge in [-0.3, -0.25) is 4.79 Å². The van der Waals surface area contributed by atoms with Crippen LogP contribution in [0, 0.1) is 0 Å². The number of carbonyl (C=O) groups excluding carboxylic acids is 1. The highest BCUT2D eigenvalue weighted by atomic mass is 19.4. The number of amides is 1. The van der Waals surface area contributed by atoms with Crippen LogP contribution >= 0.6 is 0 Å². The smallest absolute Gasteiger partial charge is 0.343 e. The van der Waals surface area contributed by atoms with Gasteiger partial charge in [0.1, 0.15) is 11.4 Å². The van der Waals surface area contributed by atoms with E-state index in [1.807, 2.05) is 24.3 Å².